The van der Waals surface area contributed by atoms with Crippen molar-refractivity contribution in [1.82, 2.24) is 14.8 Å². The van der Waals surface area contributed by atoms with E-state index in [1.54, 1.807) is 30.6 Å². The van der Waals surface area contributed by atoms with Gasteiger partial charge >= 0.3 is 0 Å². The molecule has 6 nitrogen and oxygen atoms in total. The second kappa shape index (κ2) is 8.15. The quantitative estimate of drug-likeness (QED) is 0.740. The van der Waals surface area contributed by atoms with E-state index in [-0.39, 0.29) is 17.9 Å². The molecule has 0 unspecified atom stereocenters. The fraction of sp³-hybridized carbons (Fsp3) is 0.158. The molecule has 0 spiro atoms. The number of benzene rings is 1. The molecule has 0 atom stereocenters. The number of rotatable bonds is 6. The number of aromatic nitrogens is 3. The molecule has 7 heteroatoms. The van der Waals surface area contributed by atoms with Crippen LogP contribution in [0.1, 0.15) is 12.8 Å². The molecule has 0 radical (unpaired) electrons. The molecule has 1 aromatic carbocycles. The molecule has 3 rings (SSSR count). The Kier molecular flexibility index (Phi) is 5.48. The molecule has 0 aliphatic carbocycles. The van der Waals surface area contributed by atoms with Gasteiger partial charge in [-0.3, -0.25) is 14.6 Å². The van der Waals surface area contributed by atoms with Gasteiger partial charge in [-0.1, -0.05) is 6.07 Å². The maximum atomic E-state index is 13.1. The van der Waals surface area contributed by atoms with E-state index in [4.69, 9.17) is 0 Å². The van der Waals surface area contributed by atoms with Crippen LogP contribution < -0.4 is 10.9 Å². The van der Waals surface area contributed by atoms with Crippen molar-refractivity contribution in [2.75, 3.05) is 5.32 Å². The first kappa shape index (κ1) is 17.5. The van der Waals surface area contributed by atoms with Crippen molar-refractivity contribution < 1.29 is 9.18 Å². The van der Waals surface area contributed by atoms with Crippen molar-refractivity contribution in [2.45, 2.75) is 19.4 Å². The predicted molar refractivity (Wildman–Crippen MR) is 96.0 cm³/mol. The monoisotopic (exact) mass is 352 g/mol. The average molecular weight is 352 g/mol. The highest BCUT2D eigenvalue weighted by Gasteiger charge is 2.06. The summed E-state index contributed by atoms with van der Waals surface area (Å²) < 4.78 is 14.4. The first-order chi connectivity index (χ1) is 12.6. The topological polar surface area (TPSA) is 76.9 Å². The van der Waals surface area contributed by atoms with Gasteiger partial charge in [-0.25, -0.2) is 9.07 Å². The van der Waals surface area contributed by atoms with Crippen LogP contribution in [0.5, 0.6) is 0 Å². The third-order valence-corrected chi connectivity index (χ3v) is 3.71. The highest BCUT2D eigenvalue weighted by molar-refractivity contribution is 5.90. The van der Waals surface area contributed by atoms with E-state index in [0.29, 0.717) is 24.3 Å². The smallest absolute Gasteiger partial charge is 0.266 e. The van der Waals surface area contributed by atoms with Crippen LogP contribution in [-0.2, 0) is 11.3 Å². The predicted octanol–water partition coefficient (Wildman–Crippen LogP) is 2.86. The van der Waals surface area contributed by atoms with Crippen molar-refractivity contribution in [1.29, 1.82) is 0 Å². The Morgan fingerprint density at radius 3 is 2.81 bits per heavy atom. The van der Waals surface area contributed by atoms with E-state index in [2.05, 4.69) is 15.4 Å². The Labute approximate surface area is 149 Å². The number of halogens is 1. The Morgan fingerprint density at radius 2 is 2.04 bits per heavy atom. The van der Waals surface area contributed by atoms with Crippen LogP contribution in [0.3, 0.4) is 0 Å². The lowest BCUT2D eigenvalue weighted by Gasteiger charge is -2.08. The summed E-state index contributed by atoms with van der Waals surface area (Å²) in [4.78, 5) is 27.9. The lowest BCUT2D eigenvalue weighted by atomic mass is 10.2. The number of amides is 1. The molecule has 0 saturated heterocycles. The number of aryl methyl sites for hydroxylation is 1. The van der Waals surface area contributed by atoms with E-state index >= 15 is 0 Å². The molecule has 2 heterocycles. The number of hydrogen-bond donors (Lipinski definition) is 1. The zero-order valence-electron chi connectivity index (χ0n) is 13.9. The summed E-state index contributed by atoms with van der Waals surface area (Å²) in [5.41, 5.74) is 1.62. The molecule has 0 bridgehead atoms. The Bertz CT molecular complexity index is 957. The summed E-state index contributed by atoms with van der Waals surface area (Å²) in [5.74, 6) is -0.655. The Hall–Kier alpha value is -3.35. The summed E-state index contributed by atoms with van der Waals surface area (Å²) in [6.07, 6.45) is 3.96. The van der Waals surface area contributed by atoms with Crippen molar-refractivity contribution >= 4 is 11.6 Å². The van der Waals surface area contributed by atoms with E-state index in [1.165, 1.54) is 28.9 Å². The maximum absolute atomic E-state index is 13.1. The standard InChI is InChI=1S/C19H17FN4O2/c20-15-5-1-6-16(12-15)22-18(25)7-3-11-24-19(26)9-8-17(23-24)14-4-2-10-21-13-14/h1-2,4-6,8-10,12-13H,3,7,11H2,(H,22,25). The fourth-order valence-electron chi connectivity index (χ4n) is 2.46. The molecule has 0 fully saturated rings. The second-order valence-corrected chi connectivity index (χ2v) is 5.68. The molecular weight excluding hydrogens is 335 g/mol. The van der Waals surface area contributed by atoms with Crippen molar-refractivity contribution in [2.24, 2.45) is 0 Å². The largest absolute Gasteiger partial charge is 0.326 e. The molecule has 132 valence electrons. The van der Waals surface area contributed by atoms with E-state index < -0.39 is 5.82 Å². The highest BCUT2D eigenvalue weighted by atomic mass is 19.1. The summed E-state index contributed by atoms with van der Waals surface area (Å²) in [6.45, 7) is 0.309. The number of nitrogens with zero attached hydrogens (tertiary/aromatic N) is 3. The van der Waals surface area contributed by atoms with E-state index in [0.717, 1.165) is 5.56 Å². The van der Waals surface area contributed by atoms with Crippen LogP contribution in [0.4, 0.5) is 10.1 Å². The number of anilines is 1. The van der Waals surface area contributed by atoms with Crippen LogP contribution in [0.15, 0.2) is 65.7 Å². The zero-order chi connectivity index (χ0) is 18.4. The van der Waals surface area contributed by atoms with Crippen molar-refractivity contribution in [3.8, 4) is 11.3 Å². The molecule has 3 aromatic rings. The van der Waals surface area contributed by atoms with Gasteiger partial charge in [-0.15, -0.1) is 0 Å². The van der Waals surface area contributed by atoms with Gasteiger partial charge in [0, 0.05) is 42.7 Å². The van der Waals surface area contributed by atoms with Gasteiger partial charge in [0.15, 0.2) is 0 Å². The molecule has 1 amide bonds. The van der Waals surface area contributed by atoms with Crippen molar-refractivity contribution in [3.05, 3.63) is 77.1 Å². The van der Waals surface area contributed by atoms with Gasteiger partial charge in [0.1, 0.15) is 5.82 Å². The van der Waals surface area contributed by atoms with Crippen LogP contribution >= 0.6 is 0 Å². The number of pyridine rings is 1. The summed E-state index contributed by atoms with van der Waals surface area (Å²) in [6, 6.07) is 12.4. The molecule has 1 N–H and O–H groups in total. The minimum absolute atomic E-state index is 0.196. The molecule has 2 aromatic heterocycles. The third kappa shape index (κ3) is 4.60. The minimum Gasteiger partial charge on any atom is -0.326 e. The first-order valence-electron chi connectivity index (χ1n) is 8.16. The van der Waals surface area contributed by atoms with Crippen LogP contribution in [0, 0.1) is 5.82 Å². The normalized spacial score (nSPS) is 10.5. The van der Waals surface area contributed by atoms with Crippen LogP contribution in [-0.4, -0.2) is 20.7 Å². The van der Waals surface area contributed by atoms with E-state index in [1.807, 2.05) is 6.07 Å². The molecule has 26 heavy (non-hydrogen) atoms. The SMILES string of the molecule is O=C(CCCn1nc(-c2cccnc2)ccc1=O)Nc1cccc(F)c1. The van der Waals surface area contributed by atoms with Gasteiger partial charge in [-0.05, 0) is 42.8 Å². The molecule has 0 aliphatic heterocycles. The highest BCUT2D eigenvalue weighted by Crippen LogP contribution is 2.13. The van der Waals surface area contributed by atoms with Gasteiger partial charge in [0.05, 0.1) is 5.69 Å². The van der Waals surface area contributed by atoms with Crippen LogP contribution in [0.25, 0.3) is 11.3 Å². The Balaban J connectivity index is 1.59. The van der Waals surface area contributed by atoms with Gasteiger partial charge in [0.2, 0.25) is 5.91 Å². The van der Waals surface area contributed by atoms with Gasteiger partial charge in [-0.2, -0.15) is 5.10 Å². The summed E-state index contributed by atoms with van der Waals surface area (Å²) in [5, 5.41) is 6.94. The van der Waals surface area contributed by atoms with E-state index in [9.17, 15) is 14.0 Å². The zero-order valence-corrected chi connectivity index (χ0v) is 13.9. The maximum Gasteiger partial charge on any atom is 0.266 e. The number of carbonyl (C=O) groups is 1. The lowest BCUT2D eigenvalue weighted by Crippen LogP contribution is -2.23. The molecule has 0 saturated carbocycles. The fourth-order valence-corrected chi connectivity index (χ4v) is 2.46. The van der Waals surface area contributed by atoms with Crippen LogP contribution in [0.2, 0.25) is 0 Å². The lowest BCUT2D eigenvalue weighted by molar-refractivity contribution is -0.116. The van der Waals surface area contributed by atoms with Crippen molar-refractivity contribution in [3.63, 3.8) is 0 Å². The first-order valence-corrected chi connectivity index (χ1v) is 8.16. The van der Waals surface area contributed by atoms with Gasteiger partial charge in [0.25, 0.3) is 5.56 Å². The minimum atomic E-state index is -0.411. The number of hydrogen-bond acceptors (Lipinski definition) is 4. The summed E-state index contributed by atoms with van der Waals surface area (Å²) in [7, 11) is 0. The number of nitrogens with one attached hydrogen (secondary N) is 1. The number of carbonyl (C=O) groups excluding carboxylic acids is 1. The van der Waals surface area contributed by atoms with Gasteiger partial charge < -0.3 is 5.32 Å². The average Bonchev–Trinajstić information content (AvgIpc) is 2.64. The third-order valence-electron chi connectivity index (χ3n) is 3.71. The molecular formula is C19H17FN4O2. The molecule has 0 aliphatic rings. The summed E-state index contributed by atoms with van der Waals surface area (Å²) >= 11 is 0. The Morgan fingerprint density at radius 1 is 1.15 bits per heavy atom. The second-order valence-electron chi connectivity index (χ2n) is 5.68.